The van der Waals surface area contributed by atoms with Gasteiger partial charge in [0.15, 0.2) is 5.11 Å². The number of phenols is 1. The number of anilines is 1. The molecule has 0 aliphatic carbocycles. The van der Waals surface area contributed by atoms with Crippen molar-refractivity contribution in [2.75, 3.05) is 11.9 Å². The van der Waals surface area contributed by atoms with Gasteiger partial charge in [-0.3, -0.25) is 10.1 Å². The van der Waals surface area contributed by atoms with E-state index >= 15 is 0 Å². The van der Waals surface area contributed by atoms with Gasteiger partial charge in [-0.25, -0.2) is 0 Å². The molecule has 0 unspecified atom stereocenters. The normalized spacial score (nSPS) is 10.5. The molecule has 0 heterocycles. The Morgan fingerprint density at radius 1 is 1.23 bits per heavy atom. The zero-order valence-corrected chi connectivity index (χ0v) is 18.2. The van der Waals surface area contributed by atoms with Crippen LogP contribution in [0.15, 0.2) is 45.3 Å². The highest BCUT2D eigenvalue weighted by Crippen LogP contribution is 2.35. The Bertz CT molecular complexity index is 805. The number of halogens is 2. The van der Waals surface area contributed by atoms with E-state index in [1.807, 2.05) is 0 Å². The van der Waals surface area contributed by atoms with E-state index in [-0.39, 0.29) is 16.8 Å². The molecule has 0 fully saturated rings. The van der Waals surface area contributed by atoms with Crippen molar-refractivity contribution in [3.05, 3.63) is 50.9 Å². The first-order valence-corrected chi connectivity index (χ1v) is 9.79. The maximum Gasteiger partial charge on any atom is 0.257 e. The van der Waals surface area contributed by atoms with Gasteiger partial charge in [-0.05, 0) is 80.3 Å². The Labute approximate surface area is 174 Å². The quantitative estimate of drug-likeness (QED) is 0.393. The number of thiocarbonyl (C=S) groups is 1. The minimum absolute atomic E-state index is 0.0868. The van der Waals surface area contributed by atoms with E-state index in [2.05, 4.69) is 56.3 Å². The third-order valence-electron chi connectivity index (χ3n) is 3.18. The zero-order valence-electron chi connectivity index (χ0n) is 14.2. The van der Waals surface area contributed by atoms with Crippen molar-refractivity contribution in [3.8, 4) is 11.5 Å². The monoisotopic (exact) mass is 500 g/mol. The van der Waals surface area contributed by atoms with E-state index in [1.165, 1.54) is 0 Å². The number of phenolic OH excluding ortho intramolecular Hbond substituents is 1. The van der Waals surface area contributed by atoms with Crippen LogP contribution in [0.5, 0.6) is 11.5 Å². The Morgan fingerprint density at radius 2 is 1.88 bits per heavy atom. The van der Waals surface area contributed by atoms with E-state index < -0.39 is 0 Å². The first-order chi connectivity index (χ1) is 12.3. The lowest BCUT2D eigenvalue weighted by molar-refractivity contribution is 0.0977. The van der Waals surface area contributed by atoms with E-state index in [0.717, 1.165) is 0 Å². The number of hydrogen-bond acceptors (Lipinski definition) is 4. The molecule has 0 bridgehead atoms. The number of amides is 1. The number of carbonyl (C=O) groups is 1. The highest BCUT2D eigenvalue weighted by Gasteiger charge is 2.11. The first-order valence-electron chi connectivity index (χ1n) is 7.79. The summed E-state index contributed by atoms with van der Waals surface area (Å²) in [7, 11) is 0. The number of hydrogen-bond donors (Lipinski definition) is 3. The van der Waals surface area contributed by atoms with E-state index in [4.69, 9.17) is 17.0 Å². The molecule has 0 radical (unpaired) electrons. The molecule has 2 rings (SSSR count). The van der Waals surface area contributed by atoms with Crippen molar-refractivity contribution in [2.24, 2.45) is 5.92 Å². The van der Waals surface area contributed by atoms with Crippen molar-refractivity contribution in [1.82, 2.24) is 5.32 Å². The van der Waals surface area contributed by atoms with Crippen LogP contribution in [-0.2, 0) is 0 Å². The molecule has 0 spiro atoms. The summed E-state index contributed by atoms with van der Waals surface area (Å²) in [5, 5.41) is 15.4. The number of rotatable bonds is 5. The average Bonchev–Trinajstić information content (AvgIpc) is 2.58. The van der Waals surface area contributed by atoms with Crippen LogP contribution in [0.3, 0.4) is 0 Å². The number of ether oxygens (including phenoxy) is 1. The maximum absolute atomic E-state index is 12.4. The second-order valence-corrected chi connectivity index (χ2v) is 8.05. The largest absolute Gasteiger partial charge is 0.506 e. The third-order valence-corrected chi connectivity index (χ3v) is 4.59. The van der Waals surface area contributed by atoms with Gasteiger partial charge in [-0.15, -0.1) is 0 Å². The van der Waals surface area contributed by atoms with Gasteiger partial charge >= 0.3 is 0 Å². The molecule has 26 heavy (non-hydrogen) atoms. The highest BCUT2D eigenvalue weighted by atomic mass is 79.9. The summed E-state index contributed by atoms with van der Waals surface area (Å²) in [5.41, 5.74) is 1.06. The van der Waals surface area contributed by atoms with Gasteiger partial charge in [0.2, 0.25) is 0 Å². The number of aromatic hydroxyl groups is 1. The van der Waals surface area contributed by atoms with Crippen molar-refractivity contribution in [2.45, 2.75) is 13.8 Å². The molecule has 2 aromatic rings. The topological polar surface area (TPSA) is 70.6 Å². The molecule has 3 N–H and O–H groups in total. The minimum atomic E-state index is -0.339. The van der Waals surface area contributed by atoms with Crippen molar-refractivity contribution < 1.29 is 14.6 Å². The van der Waals surface area contributed by atoms with Gasteiger partial charge in [-0.2, -0.15) is 0 Å². The van der Waals surface area contributed by atoms with E-state index in [0.29, 0.717) is 38.5 Å². The average molecular weight is 502 g/mol. The van der Waals surface area contributed by atoms with Gasteiger partial charge in [0.05, 0.1) is 15.6 Å². The predicted molar refractivity (Wildman–Crippen MR) is 114 cm³/mol. The van der Waals surface area contributed by atoms with E-state index in [1.54, 1.807) is 36.4 Å². The van der Waals surface area contributed by atoms with Gasteiger partial charge < -0.3 is 15.2 Å². The standard InChI is InChI=1S/C18H18Br2N2O3S/c1-10(2)9-25-13-5-3-4-11(6-13)17(24)22-18(26)21-12-7-14(19)16(23)15(20)8-12/h3-8,10,23H,9H2,1-2H3,(H2,21,22,24,26). The van der Waals surface area contributed by atoms with Crippen LogP contribution in [0, 0.1) is 5.92 Å². The van der Waals surface area contributed by atoms with Crippen LogP contribution in [-0.4, -0.2) is 22.7 Å². The minimum Gasteiger partial charge on any atom is -0.506 e. The van der Waals surface area contributed by atoms with Gasteiger partial charge in [0, 0.05) is 11.3 Å². The summed E-state index contributed by atoms with van der Waals surface area (Å²) in [6.07, 6.45) is 0. The molecule has 0 aliphatic heterocycles. The molecule has 8 heteroatoms. The molecule has 2 aromatic carbocycles. The Kier molecular flexibility index (Phi) is 7.43. The Balaban J connectivity index is 2.01. The lowest BCUT2D eigenvalue weighted by Gasteiger charge is -2.12. The number of nitrogens with one attached hydrogen (secondary N) is 2. The maximum atomic E-state index is 12.4. The molecule has 0 atom stereocenters. The fraction of sp³-hybridized carbons (Fsp3) is 0.222. The van der Waals surface area contributed by atoms with Crippen LogP contribution in [0.25, 0.3) is 0 Å². The highest BCUT2D eigenvalue weighted by molar-refractivity contribution is 9.11. The summed E-state index contributed by atoms with van der Waals surface area (Å²) in [6.45, 7) is 4.69. The molecule has 0 saturated heterocycles. The Morgan fingerprint density at radius 3 is 2.50 bits per heavy atom. The van der Waals surface area contributed by atoms with Crippen LogP contribution in [0.4, 0.5) is 5.69 Å². The molecule has 0 aliphatic rings. The third kappa shape index (κ3) is 5.96. The van der Waals surface area contributed by atoms with Gasteiger partial charge in [0.1, 0.15) is 11.5 Å². The molecular formula is C18H18Br2N2O3S. The zero-order chi connectivity index (χ0) is 19.3. The fourth-order valence-electron chi connectivity index (χ4n) is 1.97. The van der Waals surface area contributed by atoms with Crippen LogP contribution < -0.4 is 15.4 Å². The van der Waals surface area contributed by atoms with Gasteiger partial charge in [-0.1, -0.05) is 19.9 Å². The van der Waals surface area contributed by atoms with Crippen LogP contribution in [0.2, 0.25) is 0 Å². The number of benzene rings is 2. The van der Waals surface area contributed by atoms with Crippen molar-refractivity contribution >= 4 is 60.8 Å². The lowest BCUT2D eigenvalue weighted by Crippen LogP contribution is -2.34. The summed E-state index contributed by atoms with van der Waals surface area (Å²) in [4.78, 5) is 12.4. The first kappa shape index (κ1) is 20.7. The molecule has 5 nitrogen and oxygen atoms in total. The van der Waals surface area contributed by atoms with Crippen LogP contribution >= 0.6 is 44.1 Å². The molecular weight excluding hydrogens is 484 g/mol. The molecule has 138 valence electrons. The molecule has 0 saturated carbocycles. The molecule has 1 amide bonds. The molecule has 0 aromatic heterocycles. The number of carbonyl (C=O) groups excluding carboxylic acids is 1. The van der Waals surface area contributed by atoms with Gasteiger partial charge in [0.25, 0.3) is 5.91 Å². The second kappa shape index (κ2) is 9.34. The fourth-order valence-corrected chi connectivity index (χ4v) is 3.36. The Hall–Kier alpha value is -1.64. The van der Waals surface area contributed by atoms with E-state index in [9.17, 15) is 9.90 Å². The SMILES string of the molecule is CC(C)COc1cccc(C(=O)NC(=S)Nc2cc(Br)c(O)c(Br)c2)c1. The summed E-state index contributed by atoms with van der Waals surface area (Å²) in [6, 6.07) is 10.2. The van der Waals surface area contributed by atoms with Crippen molar-refractivity contribution in [1.29, 1.82) is 0 Å². The summed E-state index contributed by atoms with van der Waals surface area (Å²) >= 11 is 11.7. The predicted octanol–water partition coefficient (Wildman–Crippen LogP) is 5.08. The second-order valence-electron chi connectivity index (χ2n) is 5.93. The summed E-state index contributed by atoms with van der Waals surface area (Å²) in [5.74, 6) is 0.781. The van der Waals surface area contributed by atoms with Crippen molar-refractivity contribution in [3.63, 3.8) is 0 Å². The smallest absolute Gasteiger partial charge is 0.257 e. The van der Waals surface area contributed by atoms with Crippen LogP contribution in [0.1, 0.15) is 24.2 Å². The summed E-state index contributed by atoms with van der Waals surface area (Å²) < 4.78 is 6.63. The lowest BCUT2D eigenvalue weighted by atomic mass is 10.2.